The fraction of sp³-hybridized carbons (Fsp3) is 0.889. The molecule has 0 saturated carbocycles. The summed E-state index contributed by atoms with van der Waals surface area (Å²) in [5, 5.41) is 11.4. The lowest BCUT2D eigenvalue weighted by atomic mass is 9.93. The predicted octanol–water partition coefficient (Wildman–Crippen LogP) is 0.000900. The van der Waals surface area contributed by atoms with Crippen LogP contribution >= 0.6 is 0 Å². The van der Waals surface area contributed by atoms with Gasteiger partial charge in [0.05, 0.1) is 12.1 Å². The van der Waals surface area contributed by atoms with Crippen LogP contribution in [0, 0.1) is 0 Å². The van der Waals surface area contributed by atoms with Crippen LogP contribution in [0.15, 0.2) is 0 Å². The monoisotopic (exact) mass is 188 g/mol. The van der Waals surface area contributed by atoms with E-state index in [9.17, 15) is 4.79 Å². The van der Waals surface area contributed by atoms with Crippen molar-refractivity contribution in [3.63, 3.8) is 0 Å². The van der Waals surface area contributed by atoms with E-state index in [0.717, 1.165) is 0 Å². The van der Waals surface area contributed by atoms with Crippen LogP contribution in [-0.4, -0.2) is 29.2 Å². The van der Waals surface area contributed by atoms with E-state index in [1.807, 2.05) is 13.8 Å². The molecule has 0 aromatic heterocycles. The Kier molecular flexibility index (Phi) is 4.95. The molecule has 0 rings (SSSR count). The number of hydrogen-bond donors (Lipinski definition) is 3. The van der Waals surface area contributed by atoms with E-state index in [-0.39, 0.29) is 18.6 Å². The zero-order valence-electron chi connectivity index (χ0n) is 8.63. The van der Waals surface area contributed by atoms with Crippen molar-refractivity contribution in [2.75, 3.05) is 6.61 Å². The van der Waals surface area contributed by atoms with Crippen molar-refractivity contribution in [1.82, 2.24) is 5.32 Å². The number of carbonyl (C=O) groups excluding carboxylic acids is 1. The molecule has 0 radical (unpaired) electrons. The van der Waals surface area contributed by atoms with Gasteiger partial charge in [0.15, 0.2) is 0 Å². The Bertz CT molecular complexity index is 167. The lowest BCUT2D eigenvalue weighted by molar-refractivity contribution is -0.127. The molecule has 1 atom stereocenters. The van der Waals surface area contributed by atoms with Crippen molar-refractivity contribution in [2.45, 2.75) is 45.2 Å². The van der Waals surface area contributed by atoms with Crippen LogP contribution in [0.5, 0.6) is 0 Å². The molecule has 13 heavy (non-hydrogen) atoms. The zero-order valence-corrected chi connectivity index (χ0v) is 8.63. The number of rotatable bonds is 5. The second-order valence-electron chi connectivity index (χ2n) is 3.42. The zero-order chi connectivity index (χ0) is 10.5. The third-order valence-electron chi connectivity index (χ3n) is 2.37. The number of nitrogens with two attached hydrogens (primary N) is 1. The Morgan fingerprint density at radius 1 is 1.54 bits per heavy atom. The summed E-state index contributed by atoms with van der Waals surface area (Å²) in [6, 6.07) is -0.228. The topological polar surface area (TPSA) is 75.4 Å². The van der Waals surface area contributed by atoms with Gasteiger partial charge >= 0.3 is 0 Å². The van der Waals surface area contributed by atoms with Gasteiger partial charge in [0.25, 0.3) is 0 Å². The normalized spacial score (nSPS) is 13.9. The van der Waals surface area contributed by atoms with Crippen LogP contribution in [0.25, 0.3) is 0 Å². The molecule has 4 N–H and O–H groups in total. The fourth-order valence-electron chi connectivity index (χ4n) is 0.984. The van der Waals surface area contributed by atoms with E-state index in [2.05, 4.69) is 5.32 Å². The number of nitrogens with one attached hydrogen (secondary N) is 1. The van der Waals surface area contributed by atoms with Crippen LogP contribution in [0.1, 0.15) is 33.6 Å². The third-order valence-corrected chi connectivity index (χ3v) is 2.37. The molecule has 0 aliphatic rings. The maximum atomic E-state index is 11.5. The van der Waals surface area contributed by atoms with E-state index in [4.69, 9.17) is 10.8 Å². The molecule has 0 bridgehead atoms. The van der Waals surface area contributed by atoms with E-state index in [1.54, 1.807) is 6.92 Å². The van der Waals surface area contributed by atoms with Crippen LogP contribution in [0.3, 0.4) is 0 Å². The van der Waals surface area contributed by atoms with Gasteiger partial charge in [-0.15, -0.1) is 0 Å². The molecular formula is C9H20N2O2. The van der Waals surface area contributed by atoms with Gasteiger partial charge in [0.2, 0.25) is 5.91 Å². The molecule has 0 aromatic rings. The number of aliphatic hydroxyl groups excluding tert-OH is 1. The summed E-state index contributed by atoms with van der Waals surface area (Å²) in [5.41, 5.74) is 5.06. The molecule has 0 saturated heterocycles. The van der Waals surface area contributed by atoms with Crippen molar-refractivity contribution in [3.8, 4) is 0 Å². The summed E-state index contributed by atoms with van der Waals surface area (Å²) >= 11 is 0. The van der Waals surface area contributed by atoms with Crippen LogP contribution in [0.4, 0.5) is 0 Å². The van der Waals surface area contributed by atoms with Crippen molar-refractivity contribution in [1.29, 1.82) is 0 Å². The predicted molar refractivity (Wildman–Crippen MR) is 52.2 cm³/mol. The van der Waals surface area contributed by atoms with E-state index < -0.39 is 5.54 Å². The minimum Gasteiger partial charge on any atom is -0.394 e. The first-order valence-electron chi connectivity index (χ1n) is 4.70. The molecule has 1 amide bonds. The van der Waals surface area contributed by atoms with Crippen LogP contribution in [0.2, 0.25) is 0 Å². The van der Waals surface area contributed by atoms with Gasteiger partial charge in [-0.3, -0.25) is 4.79 Å². The largest absolute Gasteiger partial charge is 0.394 e. The Morgan fingerprint density at radius 2 is 2.00 bits per heavy atom. The van der Waals surface area contributed by atoms with E-state index in [1.165, 1.54) is 0 Å². The summed E-state index contributed by atoms with van der Waals surface area (Å²) in [7, 11) is 0. The number of amides is 1. The van der Waals surface area contributed by atoms with Crippen LogP contribution in [-0.2, 0) is 4.79 Å². The molecule has 0 aromatic carbocycles. The van der Waals surface area contributed by atoms with Gasteiger partial charge in [-0.1, -0.05) is 13.8 Å². The first-order chi connectivity index (χ1) is 6.00. The van der Waals surface area contributed by atoms with Gasteiger partial charge in [-0.05, 0) is 19.8 Å². The Morgan fingerprint density at radius 3 is 2.31 bits per heavy atom. The summed E-state index contributed by atoms with van der Waals surface area (Å²) in [6.45, 7) is 5.44. The van der Waals surface area contributed by atoms with E-state index >= 15 is 0 Å². The highest BCUT2D eigenvalue weighted by molar-refractivity contribution is 5.86. The lowest BCUT2D eigenvalue weighted by Crippen LogP contribution is -2.55. The average molecular weight is 188 g/mol. The maximum Gasteiger partial charge on any atom is 0.240 e. The molecule has 0 fully saturated rings. The second-order valence-corrected chi connectivity index (χ2v) is 3.42. The third kappa shape index (κ3) is 3.32. The van der Waals surface area contributed by atoms with Gasteiger partial charge in [0, 0.05) is 6.04 Å². The standard InChI is InChI=1S/C9H20N2O2/c1-4-9(10,5-2)8(13)11-7(3)6-12/h7,12H,4-6,10H2,1-3H3,(H,11,13)/t7-/m1/s1. The minimum atomic E-state index is -0.788. The summed E-state index contributed by atoms with van der Waals surface area (Å²) in [5.74, 6) is -0.181. The maximum absolute atomic E-state index is 11.5. The summed E-state index contributed by atoms with van der Waals surface area (Å²) < 4.78 is 0. The number of aliphatic hydroxyl groups is 1. The van der Waals surface area contributed by atoms with Gasteiger partial charge in [0.1, 0.15) is 0 Å². The first kappa shape index (κ1) is 12.4. The number of hydrogen-bond acceptors (Lipinski definition) is 3. The van der Waals surface area contributed by atoms with Crippen LogP contribution < -0.4 is 11.1 Å². The Hall–Kier alpha value is -0.610. The van der Waals surface area contributed by atoms with Gasteiger partial charge in [-0.2, -0.15) is 0 Å². The number of carbonyl (C=O) groups is 1. The molecule has 0 aliphatic carbocycles. The average Bonchev–Trinajstić information content (AvgIpc) is 2.16. The molecule has 0 unspecified atom stereocenters. The van der Waals surface area contributed by atoms with Crippen molar-refractivity contribution >= 4 is 5.91 Å². The Balaban J connectivity index is 4.22. The molecular weight excluding hydrogens is 168 g/mol. The first-order valence-corrected chi connectivity index (χ1v) is 4.70. The highest BCUT2D eigenvalue weighted by Gasteiger charge is 2.30. The molecule has 0 aliphatic heterocycles. The molecule has 4 heteroatoms. The highest BCUT2D eigenvalue weighted by Crippen LogP contribution is 2.11. The molecule has 0 spiro atoms. The van der Waals surface area contributed by atoms with Crippen molar-refractivity contribution in [2.24, 2.45) is 5.73 Å². The van der Waals surface area contributed by atoms with Gasteiger partial charge in [-0.25, -0.2) is 0 Å². The SMILES string of the molecule is CCC(N)(CC)C(=O)N[C@H](C)CO. The van der Waals surface area contributed by atoms with Crippen molar-refractivity contribution in [3.05, 3.63) is 0 Å². The smallest absolute Gasteiger partial charge is 0.240 e. The summed E-state index contributed by atoms with van der Waals surface area (Å²) in [6.07, 6.45) is 1.21. The molecule has 0 heterocycles. The highest BCUT2D eigenvalue weighted by atomic mass is 16.3. The second kappa shape index (κ2) is 5.19. The molecule has 4 nitrogen and oxygen atoms in total. The van der Waals surface area contributed by atoms with Crippen molar-refractivity contribution < 1.29 is 9.90 Å². The summed E-state index contributed by atoms with van der Waals surface area (Å²) in [4.78, 5) is 11.5. The minimum absolute atomic E-state index is 0.0603. The van der Waals surface area contributed by atoms with Gasteiger partial charge < -0.3 is 16.2 Å². The lowest BCUT2D eigenvalue weighted by Gasteiger charge is -2.26. The Labute approximate surface area is 79.5 Å². The fourth-order valence-corrected chi connectivity index (χ4v) is 0.984. The van der Waals surface area contributed by atoms with E-state index in [0.29, 0.717) is 12.8 Å². The molecule has 78 valence electrons. The quantitative estimate of drug-likeness (QED) is 0.568.